The Kier molecular flexibility index (Phi) is 5.63. The van der Waals surface area contributed by atoms with Gasteiger partial charge in [-0.1, -0.05) is 30.3 Å². The van der Waals surface area contributed by atoms with E-state index in [0.717, 1.165) is 11.1 Å². The van der Waals surface area contributed by atoms with Crippen LogP contribution in [-0.4, -0.2) is 17.9 Å². The van der Waals surface area contributed by atoms with Gasteiger partial charge in [-0.05, 0) is 46.1 Å². The molecule has 2 N–H and O–H groups in total. The van der Waals surface area contributed by atoms with E-state index >= 15 is 0 Å². The van der Waals surface area contributed by atoms with Crippen molar-refractivity contribution in [3.63, 3.8) is 0 Å². The van der Waals surface area contributed by atoms with Crippen LogP contribution in [-0.2, 0) is 6.54 Å². The monoisotopic (exact) mass is 348 g/mol. The molecule has 0 amide bonds. The Morgan fingerprint density at radius 1 is 1.29 bits per heavy atom. The van der Waals surface area contributed by atoms with Crippen LogP contribution in [0.2, 0.25) is 0 Å². The summed E-state index contributed by atoms with van der Waals surface area (Å²) in [5, 5.41) is 14.0. The molecule has 0 aliphatic carbocycles. The number of nitrogens with zero attached hydrogens (tertiary/aromatic N) is 1. The van der Waals surface area contributed by atoms with Gasteiger partial charge >= 0.3 is 0 Å². The lowest BCUT2D eigenvalue weighted by molar-refractivity contribution is 0.317. The zero-order valence-corrected chi connectivity index (χ0v) is 13.3. The van der Waals surface area contributed by atoms with Crippen LogP contribution < -0.4 is 10.2 Å². The molecule has 0 radical (unpaired) electrons. The predicted molar refractivity (Wildman–Crippen MR) is 87.9 cm³/mol. The third kappa shape index (κ3) is 4.49. The Balaban J connectivity index is 2.00. The van der Waals surface area contributed by atoms with Crippen molar-refractivity contribution < 1.29 is 9.84 Å². The van der Waals surface area contributed by atoms with Crippen LogP contribution in [0.25, 0.3) is 0 Å². The van der Waals surface area contributed by atoms with E-state index in [1.165, 1.54) is 0 Å². The number of aromatic hydroxyl groups is 1. The first-order chi connectivity index (χ1) is 10.2. The highest BCUT2D eigenvalue weighted by Crippen LogP contribution is 2.34. The summed E-state index contributed by atoms with van der Waals surface area (Å²) in [5.41, 5.74) is 4.99. The zero-order valence-electron chi connectivity index (χ0n) is 11.7. The van der Waals surface area contributed by atoms with Gasteiger partial charge in [-0.3, -0.25) is 0 Å². The van der Waals surface area contributed by atoms with Crippen LogP contribution in [0.15, 0.2) is 52.0 Å². The fourth-order valence-electron chi connectivity index (χ4n) is 1.79. The van der Waals surface area contributed by atoms with Crippen LogP contribution in [0.5, 0.6) is 11.5 Å². The van der Waals surface area contributed by atoms with Crippen molar-refractivity contribution in [2.45, 2.75) is 13.5 Å². The number of hydrogen-bond donors (Lipinski definition) is 2. The molecule has 0 bridgehead atoms. The number of hydrazone groups is 1. The Morgan fingerprint density at radius 3 is 2.76 bits per heavy atom. The Hall–Kier alpha value is -2.01. The molecule has 0 aromatic heterocycles. The summed E-state index contributed by atoms with van der Waals surface area (Å²) in [6, 6.07) is 13.6. The molecule has 4 nitrogen and oxygen atoms in total. The van der Waals surface area contributed by atoms with Gasteiger partial charge in [-0.2, -0.15) is 5.10 Å². The van der Waals surface area contributed by atoms with Gasteiger partial charge in [-0.25, -0.2) is 0 Å². The predicted octanol–water partition coefficient (Wildman–Crippen LogP) is 3.68. The first kappa shape index (κ1) is 15.4. The first-order valence-corrected chi connectivity index (χ1v) is 7.45. The summed E-state index contributed by atoms with van der Waals surface area (Å²) in [4.78, 5) is 0. The largest absolute Gasteiger partial charge is 0.503 e. The summed E-state index contributed by atoms with van der Waals surface area (Å²) in [7, 11) is 0. The van der Waals surface area contributed by atoms with Crippen molar-refractivity contribution >= 4 is 22.1 Å². The van der Waals surface area contributed by atoms with Gasteiger partial charge in [0.25, 0.3) is 0 Å². The molecular formula is C16H17BrN2O2. The maximum absolute atomic E-state index is 9.84. The fourth-order valence-corrected chi connectivity index (χ4v) is 2.25. The molecule has 0 spiro atoms. The average Bonchev–Trinajstić information content (AvgIpc) is 2.50. The zero-order chi connectivity index (χ0) is 15.1. The van der Waals surface area contributed by atoms with Gasteiger partial charge in [0.2, 0.25) is 0 Å². The molecule has 0 atom stereocenters. The Bertz CT molecular complexity index is 615. The van der Waals surface area contributed by atoms with E-state index in [1.807, 2.05) is 37.3 Å². The first-order valence-electron chi connectivity index (χ1n) is 6.66. The molecular weight excluding hydrogens is 332 g/mol. The van der Waals surface area contributed by atoms with Crippen LogP contribution >= 0.6 is 15.9 Å². The van der Waals surface area contributed by atoms with Gasteiger partial charge in [-0.15, -0.1) is 0 Å². The Morgan fingerprint density at radius 2 is 2.05 bits per heavy atom. The van der Waals surface area contributed by atoms with Gasteiger partial charge < -0.3 is 15.3 Å². The van der Waals surface area contributed by atoms with Crippen molar-refractivity contribution in [3.8, 4) is 11.5 Å². The van der Waals surface area contributed by atoms with E-state index in [0.29, 0.717) is 23.4 Å². The quantitative estimate of drug-likeness (QED) is 0.618. The molecule has 5 heteroatoms. The lowest BCUT2D eigenvalue weighted by Crippen LogP contribution is -2.05. The van der Waals surface area contributed by atoms with E-state index in [1.54, 1.807) is 18.3 Å². The Labute approximate surface area is 132 Å². The second-order valence-electron chi connectivity index (χ2n) is 4.36. The molecule has 0 heterocycles. The summed E-state index contributed by atoms with van der Waals surface area (Å²) >= 11 is 3.30. The normalized spacial score (nSPS) is 10.8. The van der Waals surface area contributed by atoms with Crippen LogP contribution in [0.1, 0.15) is 18.1 Å². The third-order valence-corrected chi connectivity index (χ3v) is 3.39. The highest BCUT2D eigenvalue weighted by atomic mass is 79.9. The van der Waals surface area contributed by atoms with Crippen molar-refractivity contribution in [2.75, 3.05) is 6.61 Å². The van der Waals surface area contributed by atoms with Gasteiger partial charge in [0.1, 0.15) is 0 Å². The molecule has 0 fully saturated rings. The SMILES string of the molecule is CCOc1cc(C=NNCc2ccccc2)cc(Br)c1O. The van der Waals surface area contributed by atoms with E-state index in [9.17, 15) is 5.11 Å². The number of phenolic OH excluding ortho intramolecular Hbond substituents is 1. The number of halogens is 1. The summed E-state index contributed by atoms with van der Waals surface area (Å²) < 4.78 is 5.95. The van der Waals surface area contributed by atoms with E-state index in [4.69, 9.17) is 4.74 Å². The van der Waals surface area contributed by atoms with Crippen LogP contribution in [0.4, 0.5) is 0 Å². The number of hydrogen-bond acceptors (Lipinski definition) is 4. The lowest BCUT2D eigenvalue weighted by Gasteiger charge is -2.08. The molecule has 21 heavy (non-hydrogen) atoms. The van der Waals surface area contributed by atoms with Gasteiger partial charge in [0, 0.05) is 0 Å². The minimum absolute atomic E-state index is 0.103. The lowest BCUT2D eigenvalue weighted by atomic mass is 10.2. The standard InChI is InChI=1S/C16H17BrN2O2/c1-2-21-15-9-13(8-14(17)16(15)20)11-19-18-10-12-6-4-3-5-7-12/h3-9,11,18,20H,2,10H2,1H3. The minimum Gasteiger partial charge on any atom is -0.503 e. The van der Waals surface area contributed by atoms with Gasteiger partial charge in [0.05, 0.1) is 23.8 Å². The smallest absolute Gasteiger partial charge is 0.172 e. The third-order valence-electron chi connectivity index (χ3n) is 2.78. The molecule has 0 unspecified atom stereocenters. The van der Waals surface area contributed by atoms with E-state index in [-0.39, 0.29) is 5.75 Å². The van der Waals surface area contributed by atoms with Crippen molar-refractivity contribution in [1.29, 1.82) is 0 Å². The minimum atomic E-state index is 0.103. The van der Waals surface area contributed by atoms with Crippen molar-refractivity contribution in [3.05, 3.63) is 58.1 Å². The number of nitrogens with one attached hydrogen (secondary N) is 1. The molecule has 110 valence electrons. The molecule has 0 saturated heterocycles. The number of phenols is 1. The number of benzene rings is 2. The molecule has 2 aromatic rings. The summed E-state index contributed by atoms with van der Waals surface area (Å²) in [6.07, 6.45) is 1.69. The van der Waals surface area contributed by atoms with Crippen molar-refractivity contribution in [1.82, 2.24) is 5.43 Å². The average molecular weight is 349 g/mol. The van der Waals surface area contributed by atoms with E-state index in [2.05, 4.69) is 26.5 Å². The molecule has 0 aliphatic rings. The van der Waals surface area contributed by atoms with Gasteiger partial charge in [0.15, 0.2) is 11.5 Å². The fraction of sp³-hybridized carbons (Fsp3) is 0.188. The maximum atomic E-state index is 9.84. The number of rotatable bonds is 6. The molecule has 2 rings (SSSR count). The van der Waals surface area contributed by atoms with Crippen LogP contribution in [0, 0.1) is 0 Å². The topological polar surface area (TPSA) is 53.8 Å². The molecule has 0 saturated carbocycles. The molecule has 2 aromatic carbocycles. The highest BCUT2D eigenvalue weighted by Gasteiger charge is 2.08. The highest BCUT2D eigenvalue weighted by molar-refractivity contribution is 9.10. The summed E-state index contributed by atoms with van der Waals surface area (Å²) in [6.45, 7) is 3.03. The summed E-state index contributed by atoms with van der Waals surface area (Å²) in [5.74, 6) is 0.544. The van der Waals surface area contributed by atoms with Crippen molar-refractivity contribution in [2.24, 2.45) is 5.10 Å². The van der Waals surface area contributed by atoms with E-state index < -0.39 is 0 Å². The number of ether oxygens (including phenoxy) is 1. The second kappa shape index (κ2) is 7.69. The van der Waals surface area contributed by atoms with Crippen LogP contribution in [0.3, 0.4) is 0 Å². The molecule has 0 aliphatic heterocycles. The maximum Gasteiger partial charge on any atom is 0.172 e. The second-order valence-corrected chi connectivity index (χ2v) is 5.22.